The first-order valence-corrected chi connectivity index (χ1v) is 9.64. The monoisotopic (exact) mass is 356 g/mol. The van der Waals surface area contributed by atoms with Crippen LogP contribution < -0.4 is 5.32 Å². The van der Waals surface area contributed by atoms with E-state index < -0.39 is 10.0 Å². The molecule has 1 saturated heterocycles. The molecule has 5 nitrogen and oxygen atoms in total. The van der Waals surface area contributed by atoms with Crippen LogP contribution >= 0.6 is 0 Å². The standard InChI is InChI=1S/C19H20N2O3S/c22-19(13-8-16-6-2-1-3-7-16)20-17-9-11-18(12-10-17)25(23,24)21-14-4-5-15-21/h1-3,6-13H,4-5,14-15H2,(H,20,22)/b13-8-. The highest BCUT2D eigenvalue weighted by Gasteiger charge is 2.26. The summed E-state index contributed by atoms with van der Waals surface area (Å²) < 4.78 is 26.4. The Morgan fingerprint density at radius 1 is 0.960 bits per heavy atom. The Morgan fingerprint density at radius 3 is 2.24 bits per heavy atom. The normalized spacial score (nSPS) is 15.5. The summed E-state index contributed by atoms with van der Waals surface area (Å²) in [7, 11) is -3.42. The Hall–Kier alpha value is -2.44. The number of carbonyl (C=O) groups excluding carboxylic acids is 1. The number of nitrogens with one attached hydrogen (secondary N) is 1. The smallest absolute Gasteiger partial charge is 0.248 e. The fraction of sp³-hybridized carbons (Fsp3) is 0.211. The van der Waals surface area contributed by atoms with Gasteiger partial charge in [0.05, 0.1) is 4.90 Å². The largest absolute Gasteiger partial charge is 0.323 e. The second kappa shape index (κ2) is 7.63. The molecule has 1 N–H and O–H groups in total. The second-order valence-electron chi connectivity index (χ2n) is 5.87. The molecule has 0 saturated carbocycles. The van der Waals surface area contributed by atoms with E-state index in [2.05, 4.69) is 5.32 Å². The van der Waals surface area contributed by atoms with Crippen molar-refractivity contribution in [2.45, 2.75) is 17.7 Å². The van der Waals surface area contributed by atoms with Crippen molar-refractivity contribution >= 4 is 27.7 Å². The van der Waals surface area contributed by atoms with Crippen LogP contribution in [-0.2, 0) is 14.8 Å². The first-order valence-electron chi connectivity index (χ1n) is 8.20. The van der Waals surface area contributed by atoms with Crippen molar-refractivity contribution in [3.63, 3.8) is 0 Å². The summed E-state index contributed by atoms with van der Waals surface area (Å²) in [5, 5.41) is 2.73. The van der Waals surface area contributed by atoms with Gasteiger partial charge in [-0.1, -0.05) is 30.3 Å². The third-order valence-corrected chi connectivity index (χ3v) is 5.96. The van der Waals surface area contributed by atoms with Crippen LogP contribution in [-0.4, -0.2) is 31.7 Å². The molecule has 130 valence electrons. The Labute approximate surface area is 148 Å². The van der Waals surface area contributed by atoms with Crippen LogP contribution in [0.4, 0.5) is 5.69 Å². The van der Waals surface area contributed by atoms with E-state index in [9.17, 15) is 13.2 Å². The molecular formula is C19H20N2O3S. The van der Waals surface area contributed by atoms with E-state index in [1.807, 2.05) is 30.3 Å². The molecule has 25 heavy (non-hydrogen) atoms. The summed E-state index contributed by atoms with van der Waals surface area (Å²) in [6.45, 7) is 1.15. The van der Waals surface area contributed by atoms with Crippen molar-refractivity contribution in [2.24, 2.45) is 0 Å². The summed E-state index contributed by atoms with van der Waals surface area (Å²) >= 11 is 0. The van der Waals surface area contributed by atoms with Gasteiger partial charge in [0.2, 0.25) is 15.9 Å². The maximum Gasteiger partial charge on any atom is 0.248 e. The zero-order valence-corrected chi connectivity index (χ0v) is 14.6. The molecule has 6 heteroatoms. The fourth-order valence-electron chi connectivity index (χ4n) is 2.71. The Kier molecular flexibility index (Phi) is 5.31. The maximum absolute atomic E-state index is 12.5. The van der Waals surface area contributed by atoms with Crippen molar-refractivity contribution in [1.82, 2.24) is 4.31 Å². The number of nitrogens with zero attached hydrogens (tertiary/aromatic N) is 1. The van der Waals surface area contributed by atoms with Crippen molar-refractivity contribution < 1.29 is 13.2 Å². The number of amides is 1. The predicted octanol–water partition coefficient (Wildman–Crippen LogP) is 3.12. The molecule has 1 fully saturated rings. The van der Waals surface area contributed by atoms with Crippen LogP contribution in [0.5, 0.6) is 0 Å². The minimum atomic E-state index is -3.42. The number of sulfonamides is 1. The summed E-state index contributed by atoms with van der Waals surface area (Å²) in [5.74, 6) is -0.265. The van der Waals surface area contributed by atoms with Crippen LogP contribution in [0, 0.1) is 0 Å². The molecule has 3 rings (SSSR count). The molecule has 0 atom stereocenters. The van der Waals surface area contributed by atoms with Gasteiger partial charge in [-0.3, -0.25) is 4.79 Å². The molecular weight excluding hydrogens is 336 g/mol. The molecule has 1 heterocycles. The number of rotatable bonds is 5. The number of hydrogen-bond acceptors (Lipinski definition) is 3. The van der Waals surface area contributed by atoms with E-state index in [4.69, 9.17) is 0 Å². The van der Waals surface area contributed by atoms with Gasteiger partial charge >= 0.3 is 0 Å². The second-order valence-corrected chi connectivity index (χ2v) is 7.81. The Balaban J connectivity index is 1.64. The zero-order valence-electron chi connectivity index (χ0n) is 13.8. The molecule has 0 unspecified atom stereocenters. The Morgan fingerprint density at radius 2 is 1.60 bits per heavy atom. The Bertz CT molecular complexity index is 853. The van der Waals surface area contributed by atoms with Crippen molar-refractivity contribution in [1.29, 1.82) is 0 Å². The lowest BCUT2D eigenvalue weighted by atomic mass is 10.2. The van der Waals surface area contributed by atoms with E-state index in [0.29, 0.717) is 18.8 Å². The van der Waals surface area contributed by atoms with Gasteiger partial charge in [-0.25, -0.2) is 8.42 Å². The maximum atomic E-state index is 12.5. The average molecular weight is 356 g/mol. The van der Waals surface area contributed by atoms with Gasteiger partial charge in [-0.05, 0) is 48.7 Å². The third-order valence-electron chi connectivity index (χ3n) is 4.05. The van der Waals surface area contributed by atoms with E-state index in [1.165, 1.54) is 22.5 Å². The van der Waals surface area contributed by atoms with Gasteiger partial charge < -0.3 is 5.32 Å². The van der Waals surface area contributed by atoms with Gasteiger partial charge in [0.1, 0.15) is 0 Å². The highest BCUT2D eigenvalue weighted by atomic mass is 32.2. The highest BCUT2D eigenvalue weighted by Crippen LogP contribution is 2.22. The summed E-state index contributed by atoms with van der Waals surface area (Å²) in [6, 6.07) is 15.8. The molecule has 0 radical (unpaired) electrons. The average Bonchev–Trinajstić information content (AvgIpc) is 3.17. The van der Waals surface area contributed by atoms with E-state index >= 15 is 0 Å². The van der Waals surface area contributed by atoms with E-state index in [1.54, 1.807) is 18.2 Å². The fourth-order valence-corrected chi connectivity index (χ4v) is 4.22. The zero-order chi connectivity index (χ0) is 17.7. The minimum absolute atomic E-state index is 0.257. The third kappa shape index (κ3) is 4.35. The van der Waals surface area contributed by atoms with Crippen molar-refractivity contribution in [2.75, 3.05) is 18.4 Å². The van der Waals surface area contributed by atoms with Gasteiger partial charge in [0.15, 0.2) is 0 Å². The number of carbonyl (C=O) groups is 1. The molecule has 0 aromatic heterocycles. The molecule has 1 amide bonds. The lowest BCUT2D eigenvalue weighted by molar-refractivity contribution is -0.111. The van der Waals surface area contributed by atoms with E-state index in [-0.39, 0.29) is 10.8 Å². The lowest BCUT2D eigenvalue weighted by Gasteiger charge is -2.15. The molecule has 1 aliphatic rings. The SMILES string of the molecule is O=C(/C=C\c1ccccc1)Nc1ccc(S(=O)(=O)N2CCCC2)cc1. The number of benzene rings is 2. The van der Waals surface area contributed by atoms with Crippen molar-refractivity contribution in [3.05, 3.63) is 66.2 Å². The summed E-state index contributed by atoms with van der Waals surface area (Å²) in [4.78, 5) is 12.2. The van der Waals surface area contributed by atoms with Crippen LogP contribution in [0.1, 0.15) is 18.4 Å². The molecule has 0 aliphatic carbocycles. The topological polar surface area (TPSA) is 66.5 Å². The minimum Gasteiger partial charge on any atom is -0.323 e. The van der Waals surface area contributed by atoms with Crippen LogP contribution in [0.25, 0.3) is 6.08 Å². The van der Waals surface area contributed by atoms with Crippen LogP contribution in [0.2, 0.25) is 0 Å². The van der Waals surface area contributed by atoms with Gasteiger partial charge in [-0.2, -0.15) is 4.31 Å². The molecule has 2 aromatic carbocycles. The van der Waals surface area contributed by atoms with Gasteiger partial charge in [-0.15, -0.1) is 0 Å². The van der Waals surface area contributed by atoms with Crippen LogP contribution in [0.15, 0.2) is 65.6 Å². The first-order chi connectivity index (χ1) is 12.1. The highest BCUT2D eigenvalue weighted by molar-refractivity contribution is 7.89. The summed E-state index contributed by atoms with van der Waals surface area (Å²) in [5.41, 5.74) is 1.49. The summed E-state index contributed by atoms with van der Waals surface area (Å²) in [6.07, 6.45) is 4.98. The quantitative estimate of drug-likeness (QED) is 0.837. The lowest BCUT2D eigenvalue weighted by Crippen LogP contribution is -2.27. The van der Waals surface area contributed by atoms with Crippen molar-refractivity contribution in [3.8, 4) is 0 Å². The predicted molar refractivity (Wildman–Crippen MR) is 98.5 cm³/mol. The van der Waals surface area contributed by atoms with Crippen LogP contribution in [0.3, 0.4) is 0 Å². The van der Waals surface area contributed by atoms with Gasteiger partial charge in [0, 0.05) is 24.9 Å². The molecule has 0 bridgehead atoms. The number of hydrogen-bond donors (Lipinski definition) is 1. The number of anilines is 1. The molecule has 2 aromatic rings. The van der Waals surface area contributed by atoms with E-state index in [0.717, 1.165) is 18.4 Å². The molecule has 0 spiro atoms. The molecule has 1 aliphatic heterocycles. The first kappa shape index (κ1) is 17.4. The van der Waals surface area contributed by atoms with Gasteiger partial charge in [0.25, 0.3) is 0 Å².